The van der Waals surface area contributed by atoms with Crippen molar-refractivity contribution in [1.29, 1.82) is 0 Å². The second-order valence-electron chi connectivity index (χ2n) is 4.77. The topological polar surface area (TPSA) is 79.4 Å². The molecule has 1 aliphatic heterocycles. The number of ether oxygens (including phenoxy) is 1. The van der Waals surface area contributed by atoms with Gasteiger partial charge in [0, 0.05) is 37.4 Å². The van der Waals surface area contributed by atoms with E-state index in [2.05, 4.69) is 25.5 Å². The Bertz CT molecular complexity index is 596. The van der Waals surface area contributed by atoms with E-state index in [-0.39, 0.29) is 6.03 Å². The predicted molar refractivity (Wildman–Crippen MR) is 85.2 cm³/mol. The summed E-state index contributed by atoms with van der Waals surface area (Å²) >= 11 is 1.38. The first-order valence-corrected chi connectivity index (χ1v) is 7.91. The van der Waals surface area contributed by atoms with Crippen LogP contribution < -0.4 is 15.5 Å². The van der Waals surface area contributed by atoms with Gasteiger partial charge in [-0.05, 0) is 11.6 Å². The van der Waals surface area contributed by atoms with Crippen molar-refractivity contribution in [3.63, 3.8) is 0 Å². The molecular weight excluding hydrogens is 302 g/mol. The Balaban J connectivity index is 1.49. The van der Waals surface area contributed by atoms with Gasteiger partial charge in [0.1, 0.15) is 5.82 Å². The molecule has 2 aromatic rings. The van der Waals surface area contributed by atoms with Gasteiger partial charge < -0.3 is 15.0 Å². The molecule has 116 valence electrons. The van der Waals surface area contributed by atoms with Crippen LogP contribution in [-0.2, 0) is 11.3 Å². The number of nitrogens with one attached hydrogen (secondary N) is 2. The highest BCUT2D eigenvalue weighted by Crippen LogP contribution is 2.13. The minimum atomic E-state index is -0.271. The Kier molecular flexibility index (Phi) is 4.81. The van der Waals surface area contributed by atoms with Crippen molar-refractivity contribution in [2.45, 2.75) is 6.54 Å². The molecule has 2 aromatic heterocycles. The zero-order valence-electron chi connectivity index (χ0n) is 12.0. The minimum Gasteiger partial charge on any atom is -0.378 e. The van der Waals surface area contributed by atoms with Gasteiger partial charge in [0.2, 0.25) is 0 Å². The molecular formula is C14H17N5O2S. The molecule has 0 spiro atoms. The van der Waals surface area contributed by atoms with Gasteiger partial charge in [-0.3, -0.25) is 5.32 Å². The monoisotopic (exact) mass is 319 g/mol. The molecule has 3 heterocycles. The number of morpholine rings is 1. The molecule has 0 saturated carbocycles. The molecule has 2 amide bonds. The maximum atomic E-state index is 11.7. The smallest absolute Gasteiger partial charge is 0.321 e. The molecule has 1 fully saturated rings. The molecule has 1 saturated heterocycles. The van der Waals surface area contributed by atoms with Gasteiger partial charge in [-0.25, -0.2) is 14.8 Å². The fraction of sp³-hybridized carbons (Fsp3) is 0.357. The van der Waals surface area contributed by atoms with Crippen molar-refractivity contribution in [3.8, 4) is 0 Å². The molecule has 0 unspecified atom stereocenters. The van der Waals surface area contributed by atoms with E-state index in [1.807, 2.05) is 17.5 Å². The number of nitrogens with zero attached hydrogens (tertiary/aromatic N) is 3. The minimum absolute atomic E-state index is 0.271. The number of urea groups is 1. The molecule has 0 aromatic carbocycles. The Labute approximate surface area is 132 Å². The Hall–Kier alpha value is -2.19. The molecule has 0 radical (unpaired) electrons. The summed E-state index contributed by atoms with van der Waals surface area (Å²) in [5, 5.41) is 7.84. The summed E-state index contributed by atoms with van der Waals surface area (Å²) in [4.78, 5) is 22.3. The number of rotatable bonds is 4. The van der Waals surface area contributed by atoms with Crippen LogP contribution in [0.2, 0.25) is 0 Å². The van der Waals surface area contributed by atoms with E-state index in [4.69, 9.17) is 4.74 Å². The first-order valence-electron chi connectivity index (χ1n) is 7.03. The van der Waals surface area contributed by atoms with Gasteiger partial charge >= 0.3 is 6.03 Å². The molecule has 7 nitrogen and oxygen atoms in total. The van der Waals surface area contributed by atoms with E-state index in [1.54, 1.807) is 12.4 Å². The van der Waals surface area contributed by atoms with Crippen molar-refractivity contribution in [2.75, 3.05) is 36.5 Å². The average molecular weight is 319 g/mol. The van der Waals surface area contributed by atoms with Gasteiger partial charge in [0.05, 0.1) is 13.2 Å². The summed E-state index contributed by atoms with van der Waals surface area (Å²) in [5.74, 6) is 0.944. The van der Waals surface area contributed by atoms with Crippen LogP contribution in [0.5, 0.6) is 0 Å². The lowest BCUT2D eigenvalue weighted by molar-refractivity contribution is 0.122. The summed E-state index contributed by atoms with van der Waals surface area (Å²) in [6.07, 6.45) is 3.43. The molecule has 2 N–H and O–H groups in total. The lowest BCUT2D eigenvalue weighted by Crippen LogP contribution is -2.36. The zero-order chi connectivity index (χ0) is 15.2. The predicted octanol–water partition coefficient (Wildman–Crippen LogP) is 1.70. The van der Waals surface area contributed by atoms with E-state index >= 15 is 0 Å². The van der Waals surface area contributed by atoms with Crippen molar-refractivity contribution in [1.82, 2.24) is 15.3 Å². The summed E-state index contributed by atoms with van der Waals surface area (Å²) in [6.45, 7) is 3.62. The fourth-order valence-corrected chi connectivity index (χ4v) is 2.63. The lowest BCUT2D eigenvalue weighted by atomic mass is 10.2. The summed E-state index contributed by atoms with van der Waals surface area (Å²) in [5.41, 5.74) is 0.950. The van der Waals surface area contributed by atoms with E-state index in [0.29, 0.717) is 11.7 Å². The highest BCUT2D eigenvalue weighted by Gasteiger charge is 2.12. The lowest BCUT2D eigenvalue weighted by Gasteiger charge is -2.27. The van der Waals surface area contributed by atoms with Crippen LogP contribution in [0, 0.1) is 0 Å². The summed E-state index contributed by atoms with van der Waals surface area (Å²) < 4.78 is 5.32. The second-order valence-corrected chi connectivity index (χ2v) is 5.66. The van der Waals surface area contributed by atoms with Crippen LogP contribution in [0.1, 0.15) is 5.56 Å². The van der Waals surface area contributed by atoms with Crippen LogP contribution in [0.25, 0.3) is 0 Å². The fourth-order valence-electron chi connectivity index (χ4n) is 2.11. The third kappa shape index (κ3) is 3.92. The van der Waals surface area contributed by atoms with Crippen LogP contribution in [-0.4, -0.2) is 42.3 Å². The van der Waals surface area contributed by atoms with Crippen LogP contribution >= 0.6 is 11.3 Å². The Morgan fingerprint density at radius 1 is 1.32 bits per heavy atom. The van der Waals surface area contributed by atoms with Crippen LogP contribution in [0.15, 0.2) is 29.9 Å². The zero-order valence-corrected chi connectivity index (χ0v) is 12.8. The van der Waals surface area contributed by atoms with Crippen molar-refractivity contribution < 1.29 is 9.53 Å². The number of anilines is 2. The summed E-state index contributed by atoms with van der Waals surface area (Å²) in [7, 11) is 0. The van der Waals surface area contributed by atoms with Crippen molar-refractivity contribution >= 4 is 28.3 Å². The molecule has 0 aliphatic carbocycles. The van der Waals surface area contributed by atoms with Crippen molar-refractivity contribution in [2.24, 2.45) is 0 Å². The normalized spacial score (nSPS) is 14.6. The first-order chi connectivity index (χ1) is 10.8. The van der Waals surface area contributed by atoms with Gasteiger partial charge in [-0.1, -0.05) is 6.07 Å². The van der Waals surface area contributed by atoms with Gasteiger partial charge in [0.25, 0.3) is 0 Å². The number of carbonyl (C=O) groups is 1. The number of hydrogen-bond donors (Lipinski definition) is 2. The third-order valence-electron chi connectivity index (χ3n) is 3.25. The molecule has 3 rings (SSSR count). The third-order valence-corrected chi connectivity index (χ3v) is 3.94. The quantitative estimate of drug-likeness (QED) is 0.896. The number of pyridine rings is 1. The summed E-state index contributed by atoms with van der Waals surface area (Å²) in [6, 6.07) is 3.68. The number of carbonyl (C=O) groups excluding carboxylic acids is 1. The largest absolute Gasteiger partial charge is 0.378 e. The number of hydrogen-bond acceptors (Lipinski definition) is 6. The molecule has 0 atom stereocenters. The van der Waals surface area contributed by atoms with Gasteiger partial charge in [-0.15, -0.1) is 11.3 Å². The van der Waals surface area contributed by atoms with E-state index in [9.17, 15) is 4.79 Å². The first kappa shape index (κ1) is 14.7. The Morgan fingerprint density at radius 3 is 2.86 bits per heavy atom. The average Bonchev–Trinajstić information content (AvgIpc) is 3.07. The van der Waals surface area contributed by atoms with Crippen molar-refractivity contribution in [3.05, 3.63) is 35.5 Å². The van der Waals surface area contributed by atoms with E-state index < -0.39 is 0 Å². The van der Waals surface area contributed by atoms with Gasteiger partial charge in [-0.2, -0.15) is 0 Å². The SMILES string of the molecule is O=C(NCc1ccc(N2CCOCC2)nc1)Nc1nccs1. The molecule has 22 heavy (non-hydrogen) atoms. The number of aromatic nitrogens is 2. The molecule has 1 aliphatic rings. The maximum Gasteiger partial charge on any atom is 0.321 e. The standard InChI is InChI=1S/C14H17N5O2S/c20-13(18-14-15-3-8-22-14)17-10-11-1-2-12(16-9-11)19-4-6-21-7-5-19/h1-3,8-9H,4-7,10H2,(H2,15,17,18,20). The van der Waals surface area contributed by atoms with Gasteiger partial charge in [0.15, 0.2) is 5.13 Å². The van der Waals surface area contributed by atoms with Crippen LogP contribution in [0.3, 0.4) is 0 Å². The van der Waals surface area contributed by atoms with E-state index in [0.717, 1.165) is 37.7 Å². The number of amides is 2. The van der Waals surface area contributed by atoms with E-state index in [1.165, 1.54) is 11.3 Å². The Morgan fingerprint density at radius 2 is 2.18 bits per heavy atom. The molecule has 8 heteroatoms. The second kappa shape index (κ2) is 7.19. The molecule has 0 bridgehead atoms. The highest BCUT2D eigenvalue weighted by molar-refractivity contribution is 7.13. The number of thiazole rings is 1. The maximum absolute atomic E-state index is 11.7. The highest BCUT2D eigenvalue weighted by atomic mass is 32.1. The van der Waals surface area contributed by atoms with Crippen LogP contribution in [0.4, 0.5) is 15.7 Å².